The van der Waals surface area contributed by atoms with Crippen molar-refractivity contribution in [3.8, 4) is 0 Å². The number of nitrogens with zero attached hydrogens (tertiary/aromatic N) is 1. The topological polar surface area (TPSA) is 81.2 Å². The van der Waals surface area contributed by atoms with Gasteiger partial charge in [0.2, 0.25) is 0 Å². The average Bonchev–Trinajstić information content (AvgIpc) is 2.37. The zero-order chi connectivity index (χ0) is 14.1. The van der Waals surface area contributed by atoms with Crippen molar-refractivity contribution in [3.63, 3.8) is 0 Å². The van der Waals surface area contributed by atoms with Gasteiger partial charge in [0.15, 0.2) is 0 Å². The van der Waals surface area contributed by atoms with Crippen LogP contribution in [0.2, 0.25) is 0 Å². The predicted octanol–water partition coefficient (Wildman–Crippen LogP) is 3.51. The fourth-order valence-electron chi connectivity index (χ4n) is 1.80. The van der Waals surface area contributed by atoms with Crippen LogP contribution in [0.5, 0.6) is 0 Å². The summed E-state index contributed by atoms with van der Waals surface area (Å²) in [5.41, 5.74) is 6.80. The summed E-state index contributed by atoms with van der Waals surface area (Å²) in [6.45, 7) is 0.819. The molecule has 0 aliphatic carbocycles. The number of nitro benzene ring substituents is 1. The number of nitrogen functional groups attached to an aromatic ring is 1. The number of benzene rings is 1. The molecule has 0 aliphatic rings. The molecule has 1 rings (SSSR count). The Morgan fingerprint density at radius 3 is 2.68 bits per heavy atom. The molecule has 0 aliphatic heterocycles. The number of hydrogen-bond donors (Lipinski definition) is 2. The van der Waals surface area contributed by atoms with E-state index in [2.05, 4.69) is 11.6 Å². The Balaban J connectivity index is 2.31. The van der Waals surface area contributed by atoms with Gasteiger partial charge in [0.1, 0.15) is 0 Å². The minimum Gasteiger partial charge on any atom is -0.398 e. The first kappa shape index (κ1) is 15.6. The highest BCUT2D eigenvalue weighted by molar-refractivity contribution is 7.98. The van der Waals surface area contributed by atoms with Gasteiger partial charge >= 0.3 is 0 Å². The van der Waals surface area contributed by atoms with Gasteiger partial charge in [0, 0.05) is 30.1 Å². The van der Waals surface area contributed by atoms with Crippen molar-refractivity contribution in [3.05, 3.63) is 28.3 Å². The fraction of sp³-hybridized carbons (Fsp3) is 0.538. The molecule has 0 radical (unpaired) electrons. The number of hydrogen-bond acceptors (Lipinski definition) is 5. The van der Waals surface area contributed by atoms with Gasteiger partial charge in [-0.25, -0.2) is 0 Å². The molecule has 6 heteroatoms. The molecule has 0 fully saturated rings. The highest BCUT2D eigenvalue weighted by atomic mass is 32.2. The molecule has 0 saturated carbocycles. The third-order valence-corrected chi connectivity index (χ3v) is 3.45. The first-order valence-corrected chi connectivity index (χ1v) is 7.80. The largest absolute Gasteiger partial charge is 0.398 e. The van der Waals surface area contributed by atoms with E-state index in [1.165, 1.54) is 37.1 Å². The van der Waals surface area contributed by atoms with Crippen molar-refractivity contribution < 1.29 is 4.92 Å². The maximum absolute atomic E-state index is 10.7. The van der Waals surface area contributed by atoms with Gasteiger partial charge in [-0.3, -0.25) is 10.1 Å². The summed E-state index contributed by atoms with van der Waals surface area (Å²) in [6.07, 6.45) is 6.85. The molecule has 106 valence electrons. The van der Waals surface area contributed by atoms with Crippen LogP contribution in [0.15, 0.2) is 18.2 Å². The van der Waals surface area contributed by atoms with E-state index in [4.69, 9.17) is 5.73 Å². The second-order valence-corrected chi connectivity index (χ2v) is 5.39. The van der Waals surface area contributed by atoms with E-state index in [1.54, 1.807) is 6.07 Å². The molecule has 0 amide bonds. The lowest BCUT2D eigenvalue weighted by molar-refractivity contribution is -0.384. The zero-order valence-electron chi connectivity index (χ0n) is 11.2. The summed E-state index contributed by atoms with van der Waals surface area (Å²) in [6, 6.07) is 4.61. The van der Waals surface area contributed by atoms with Gasteiger partial charge < -0.3 is 11.1 Å². The van der Waals surface area contributed by atoms with Crippen molar-refractivity contribution in [1.29, 1.82) is 0 Å². The average molecular weight is 283 g/mol. The smallest absolute Gasteiger partial charge is 0.273 e. The van der Waals surface area contributed by atoms with E-state index in [-0.39, 0.29) is 5.69 Å². The second kappa shape index (κ2) is 8.63. The molecule has 0 atom stereocenters. The van der Waals surface area contributed by atoms with Gasteiger partial charge in [-0.15, -0.1) is 0 Å². The van der Waals surface area contributed by atoms with E-state index < -0.39 is 4.92 Å². The lowest BCUT2D eigenvalue weighted by atomic mass is 10.2. The van der Waals surface area contributed by atoms with E-state index in [0.29, 0.717) is 5.69 Å². The molecule has 0 bridgehead atoms. The van der Waals surface area contributed by atoms with Crippen molar-refractivity contribution in [2.45, 2.75) is 25.7 Å². The number of nitrogens with two attached hydrogens (primary N) is 1. The summed E-state index contributed by atoms with van der Waals surface area (Å²) in [7, 11) is 0. The Bertz CT molecular complexity index is 413. The van der Waals surface area contributed by atoms with Crippen LogP contribution in [0.4, 0.5) is 17.1 Å². The maximum Gasteiger partial charge on any atom is 0.273 e. The molecule has 0 aromatic heterocycles. The summed E-state index contributed by atoms with van der Waals surface area (Å²) in [5.74, 6) is 1.22. The van der Waals surface area contributed by atoms with E-state index >= 15 is 0 Å². The van der Waals surface area contributed by atoms with Gasteiger partial charge in [0.25, 0.3) is 5.69 Å². The maximum atomic E-state index is 10.7. The Labute approximate surface area is 118 Å². The Morgan fingerprint density at radius 1 is 1.26 bits per heavy atom. The highest BCUT2D eigenvalue weighted by Crippen LogP contribution is 2.22. The summed E-state index contributed by atoms with van der Waals surface area (Å²) < 4.78 is 0. The van der Waals surface area contributed by atoms with Crippen LogP contribution in [-0.2, 0) is 0 Å². The molecule has 0 heterocycles. The molecule has 19 heavy (non-hydrogen) atoms. The molecular formula is C13H21N3O2S. The molecule has 5 nitrogen and oxygen atoms in total. The highest BCUT2D eigenvalue weighted by Gasteiger charge is 2.07. The van der Waals surface area contributed by atoms with Crippen LogP contribution >= 0.6 is 11.8 Å². The van der Waals surface area contributed by atoms with Crippen LogP contribution in [0.3, 0.4) is 0 Å². The van der Waals surface area contributed by atoms with Crippen LogP contribution in [-0.4, -0.2) is 23.5 Å². The first-order valence-electron chi connectivity index (χ1n) is 6.41. The van der Waals surface area contributed by atoms with Crippen molar-refractivity contribution >= 4 is 28.8 Å². The molecule has 1 aromatic rings. The Kier molecular flexibility index (Phi) is 7.10. The monoisotopic (exact) mass is 283 g/mol. The molecule has 3 N–H and O–H groups in total. The van der Waals surface area contributed by atoms with E-state index in [9.17, 15) is 10.1 Å². The zero-order valence-corrected chi connectivity index (χ0v) is 12.0. The number of nitro groups is 1. The summed E-state index contributed by atoms with van der Waals surface area (Å²) in [5, 5.41) is 13.9. The normalized spacial score (nSPS) is 10.4. The van der Waals surface area contributed by atoms with Crippen LogP contribution in [0, 0.1) is 10.1 Å². The van der Waals surface area contributed by atoms with Gasteiger partial charge in [-0.2, -0.15) is 11.8 Å². The number of non-ortho nitro benzene ring substituents is 1. The van der Waals surface area contributed by atoms with E-state index in [0.717, 1.165) is 18.7 Å². The van der Waals surface area contributed by atoms with Gasteiger partial charge in [-0.1, -0.05) is 12.8 Å². The Morgan fingerprint density at radius 2 is 2.00 bits per heavy atom. The van der Waals surface area contributed by atoms with Crippen molar-refractivity contribution in [2.24, 2.45) is 0 Å². The minimum absolute atomic E-state index is 0.0301. The number of unbranched alkanes of at least 4 members (excludes halogenated alkanes) is 3. The summed E-state index contributed by atoms with van der Waals surface area (Å²) in [4.78, 5) is 10.3. The molecule has 0 saturated heterocycles. The first-order chi connectivity index (χ1) is 9.13. The number of nitrogens with one attached hydrogen (secondary N) is 1. The fourth-order valence-corrected chi connectivity index (χ4v) is 2.29. The van der Waals surface area contributed by atoms with Crippen molar-refractivity contribution in [1.82, 2.24) is 0 Å². The molecule has 1 aromatic carbocycles. The van der Waals surface area contributed by atoms with Crippen LogP contribution in [0.25, 0.3) is 0 Å². The third-order valence-electron chi connectivity index (χ3n) is 2.76. The van der Waals surface area contributed by atoms with Crippen LogP contribution in [0.1, 0.15) is 25.7 Å². The van der Waals surface area contributed by atoms with Gasteiger partial charge in [0.05, 0.1) is 4.92 Å². The number of rotatable bonds is 9. The third kappa shape index (κ3) is 6.33. The summed E-state index contributed by atoms with van der Waals surface area (Å²) >= 11 is 1.87. The number of thioether (sulfide) groups is 1. The Hall–Kier alpha value is -1.43. The standard InChI is InChI=1S/C13H21N3O2S/c1-19-7-5-3-2-4-6-15-12-8-11(14)9-13(10-12)16(17)18/h8-10,15H,2-7,14H2,1H3. The quantitative estimate of drug-likeness (QED) is 0.314. The van der Waals surface area contributed by atoms with Crippen molar-refractivity contribution in [2.75, 3.05) is 29.6 Å². The lowest BCUT2D eigenvalue weighted by Gasteiger charge is -2.07. The van der Waals surface area contributed by atoms with E-state index in [1.807, 2.05) is 11.8 Å². The SMILES string of the molecule is CSCCCCCCNc1cc(N)cc([N+](=O)[O-])c1. The predicted molar refractivity (Wildman–Crippen MR) is 82.8 cm³/mol. The minimum atomic E-state index is -0.427. The molecule has 0 spiro atoms. The lowest BCUT2D eigenvalue weighted by Crippen LogP contribution is -2.03. The van der Waals surface area contributed by atoms with Crippen LogP contribution < -0.4 is 11.1 Å². The molecular weight excluding hydrogens is 262 g/mol. The van der Waals surface area contributed by atoms with Gasteiger partial charge in [-0.05, 0) is 30.9 Å². The molecule has 0 unspecified atom stereocenters. The second-order valence-electron chi connectivity index (χ2n) is 4.40. The number of anilines is 2.